The van der Waals surface area contributed by atoms with Crippen LogP contribution in [0, 0.1) is 11.8 Å². The van der Waals surface area contributed by atoms with Crippen LogP contribution in [0.1, 0.15) is 43.7 Å². The topological polar surface area (TPSA) is 58.4 Å². The van der Waals surface area contributed by atoms with Gasteiger partial charge < -0.3 is 14.7 Å². The van der Waals surface area contributed by atoms with E-state index in [9.17, 15) is 4.79 Å². The summed E-state index contributed by atoms with van der Waals surface area (Å²) in [5.74, 6) is 1.66. The van der Waals surface area contributed by atoms with Crippen LogP contribution in [0.15, 0.2) is 40.9 Å². The molecule has 1 amide bonds. The van der Waals surface area contributed by atoms with E-state index in [0.29, 0.717) is 12.2 Å². The Labute approximate surface area is 155 Å². The molecular weight excluding hydrogens is 326 g/mol. The standard InChI is InChI=1S/C21H29N3O2/c1-16-12-17(2)15-24(14-16)11-7-6-10-22-21(25)20-13-19(23-26-20)18-8-4-3-5-9-18/h3-5,8-9,13,16-17H,6-7,10-12,14-15H2,1-2H3,(H,22,25). The number of rotatable bonds is 7. The lowest BCUT2D eigenvalue weighted by Gasteiger charge is -2.34. The molecule has 0 bridgehead atoms. The van der Waals surface area contributed by atoms with Gasteiger partial charge in [-0.2, -0.15) is 0 Å². The van der Waals surface area contributed by atoms with Gasteiger partial charge >= 0.3 is 0 Å². The number of carbonyl (C=O) groups is 1. The summed E-state index contributed by atoms with van der Waals surface area (Å²) in [5, 5.41) is 6.91. The summed E-state index contributed by atoms with van der Waals surface area (Å²) >= 11 is 0. The van der Waals surface area contributed by atoms with Crippen molar-refractivity contribution in [2.75, 3.05) is 26.2 Å². The molecule has 2 unspecified atom stereocenters. The Morgan fingerprint density at radius 1 is 1.19 bits per heavy atom. The molecule has 2 atom stereocenters. The van der Waals surface area contributed by atoms with E-state index >= 15 is 0 Å². The number of carbonyl (C=O) groups excluding carboxylic acids is 1. The predicted octanol–water partition coefficient (Wildman–Crippen LogP) is 3.83. The Morgan fingerprint density at radius 3 is 2.65 bits per heavy atom. The molecule has 2 heterocycles. The quantitative estimate of drug-likeness (QED) is 0.767. The molecule has 140 valence electrons. The van der Waals surface area contributed by atoms with Crippen molar-refractivity contribution in [3.8, 4) is 11.3 Å². The predicted molar refractivity (Wildman–Crippen MR) is 103 cm³/mol. The molecule has 5 nitrogen and oxygen atoms in total. The molecule has 26 heavy (non-hydrogen) atoms. The van der Waals surface area contributed by atoms with Crippen LogP contribution in [0.3, 0.4) is 0 Å². The number of nitrogens with one attached hydrogen (secondary N) is 1. The number of likely N-dealkylation sites (tertiary alicyclic amines) is 1. The number of unbranched alkanes of at least 4 members (excludes halogenated alkanes) is 1. The third-order valence-electron chi connectivity index (χ3n) is 4.93. The zero-order valence-corrected chi connectivity index (χ0v) is 15.8. The fraction of sp³-hybridized carbons (Fsp3) is 0.524. The van der Waals surface area contributed by atoms with Gasteiger partial charge in [0.1, 0.15) is 5.69 Å². The van der Waals surface area contributed by atoms with Crippen molar-refractivity contribution in [3.05, 3.63) is 42.2 Å². The first-order valence-corrected chi connectivity index (χ1v) is 9.64. The smallest absolute Gasteiger partial charge is 0.289 e. The number of benzene rings is 1. The maximum atomic E-state index is 12.2. The molecule has 1 aromatic carbocycles. The minimum absolute atomic E-state index is 0.195. The maximum absolute atomic E-state index is 12.2. The van der Waals surface area contributed by atoms with Crippen molar-refractivity contribution < 1.29 is 9.32 Å². The van der Waals surface area contributed by atoms with E-state index in [2.05, 4.69) is 29.2 Å². The minimum atomic E-state index is -0.195. The molecule has 5 heteroatoms. The zero-order valence-electron chi connectivity index (χ0n) is 15.8. The Hall–Kier alpha value is -2.14. The highest BCUT2D eigenvalue weighted by Gasteiger charge is 2.21. The summed E-state index contributed by atoms with van der Waals surface area (Å²) < 4.78 is 5.19. The summed E-state index contributed by atoms with van der Waals surface area (Å²) in [6.45, 7) is 8.87. The highest BCUT2D eigenvalue weighted by Crippen LogP contribution is 2.21. The fourth-order valence-corrected chi connectivity index (χ4v) is 3.85. The van der Waals surface area contributed by atoms with Crippen LogP contribution in [-0.4, -0.2) is 42.1 Å². The summed E-state index contributed by atoms with van der Waals surface area (Å²) in [7, 11) is 0. The van der Waals surface area contributed by atoms with E-state index in [1.54, 1.807) is 6.07 Å². The highest BCUT2D eigenvalue weighted by molar-refractivity contribution is 5.92. The average molecular weight is 355 g/mol. The van der Waals surface area contributed by atoms with Gasteiger partial charge in [0.15, 0.2) is 0 Å². The second kappa shape index (κ2) is 8.99. The molecule has 1 N–H and O–H groups in total. The molecule has 0 aliphatic carbocycles. The molecule has 0 spiro atoms. The van der Waals surface area contributed by atoms with E-state index in [0.717, 1.165) is 36.8 Å². The SMILES string of the molecule is CC1CC(C)CN(CCCCNC(=O)c2cc(-c3ccccc3)no2)C1. The monoisotopic (exact) mass is 355 g/mol. The number of piperidine rings is 1. The van der Waals surface area contributed by atoms with Crippen molar-refractivity contribution in [1.29, 1.82) is 0 Å². The average Bonchev–Trinajstić information content (AvgIpc) is 3.11. The third kappa shape index (κ3) is 5.18. The normalized spacial score (nSPS) is 20.8. The van der Waals surface area contributed by atoms with E-state index in [-0.39, 0.29) is 11.7 Å². The van der Waals surface area contributed by atoms with Crippen LogP contribution in [0.25, 0.3) is 11.3 Å². The van der Waals surface area contributed by atoms with Gasteiger partial charge in [0.2, 0.25) is 5.76 Å². The second-order valence-corrected chi connectivity index (χ2v) is 7.61. The lowest BCUT2D eigenvalue weighted by molar-refractivity contribution is 0.0915. The molecule has 1 fully saturated rings. The lowest BCUT2D eigenvalue weighted by atomic mass is 9.92. The summed E-state index contributed by atoms with van der Waals surface area (Å²) in [4.78, 5) is 14.7. The Balaban J connectivity index is 1.37. The second-order valence-electron chi connectivity index (χ2n) is 7.61. The zero-order chi connectivity index (χ0) is 18.4. The van der Waals surface area contributed by atoms with Gasteiger partial charge in [-0.1, -0.05) is 49.3 Å². The maximum Gasteiger partial charge on any atom is 0.289 e. The van der Waals surface area contributed by atoms with Crippen LogP contribution in [0.2, 0.25) is 0 Å². The number of hydrogen-bond acceptors (Lipinski definition) is 4. The van der Waals surface area contributed by atoms with Gasteiger partial charge in [0.05, 0.1) is 0 Å². The molecule has 2 aromatic rings. The fourth-order valence-electron chi connectivity index (χ4n) is 3.85. The Kier molecular flexibility index (Phi) is 6.45. The number of aromatic nitrogens is 1. The first-order chi connectivity index (χ1) is 12.6. The number of nitrogens with zero attached hydrogens (tertiary/aromatic N) is 2. The van der Waals surface area contributed by atoms with Crippen molar-refractivity contribution in [1.82, 2.24) is 15.4 Å². The van der Waals surface area contributed by atoms with Crippen molar-refractivity contribution in [2.24, 2.45) is 11.8 Å². The molecule has 0 saturated carbocycles. The number of hydrogen-bond donors (Lipinski definition) is 1. The number of amides is 1. The minimum Gasteiger partial charge on any atom is -0.350 e. The van der Waals surface area contributed by atoms with Crippen LogP contribution >= 0.6 is 0 Å². The molecule has 1 aliphatic rings. The van der Waals surface area contributed by atoms with Crippen LogP contribution in [-0.2, 0) is 0 Å². The van der Waals surface area contributed by atoms with Crippen LogP contribution in [0.5, 0.6) is 0 Å². The van der Waals surface area contributed by atoms with E-state index in [1.165, 1.54) is 19.5 Å². The van der Waals surface area contributed by atoms with Gasteiger partial charge in [0.25, 0.3) is 5.91 Å². The Bertz CT molecular complexity index is 688. The molecule has 1 saturated heterocycles. The van der Waals surface area contributed by atoms with Crippen molar-refractivity contribution in [3.63, 3.8) is 0 Å². The van der Waals surface area contributed by atoms with Gasteiger partial charge in [-0.25, -0.2) is 0 Å². The van der Waals surface area contributed by atoms with Gasteiger partial charge in [0, 0.05) is 31.3 Å². The summed E-state index contributed by atoms with van der Waals surface area (Å²) in [6, 6.07) is 11.4. The van der Waals surface area contributed by atoms with Crippen LogP contribution in [0.4, 0.5) is 0 Å². The third-order valence-corrected chi connectivity index (χ3v) is 4.93. The molecule has 1 aromatic heterocycles. The van der Waals surface area contributed by atoms with Crippen molar-refractivity contribution in [2.45, 2.75) is 33.1 Å². The van der Waals surface area contributed by atoms with Gasteiger partial charge in [-0.15, -0.1) is 0 Å². The lowest BCUT2D eigenvalue weighted by Crippen LogP contribution is -2.39. The molecule has 1 aliphatic heterocycles. The van der Waals surface area contributed by atoms with Gasteiger partial charge in [-0.05, 0) is 37.6 Å². The molecular formula is C21H29N3O2. The first kappa shape index (κ1) is 18.6. The first-order valence-electron chi connectivity index (χ1n) is 9.64. The molecule has 0 radical (unpaired) electrons. The van der Waals surface area contributed by atoms with E-state index in [4.69, 9.17) is 4.52 Å². The largest absolute Gasteiger partial charge is 0.350 e. The van der Waals surface area contributed by atoms with Gasteiger partial charge in [-0.3, -0.25) is 4.79 Å². The van der Waals surface area contributed by atoms with Crippen molar-refractivity contribution >= 4 is 5.91 Å². The van der Waals surface area contributed by atoms with E-state index in [1.807, 2.05) is 30.3 Å². The van der Waals surface area contributed by atoms with E-state index < -0.39 is 0 Å². The van der Waals surface area contributed by atoms with Crippen LogP contribution < -0.4 is 5.32 Å². The summed E-state index contributed by atoms with van der Waals surface area (Å²) in [5.41, 5.74) is 1.63. The summed E-state index contributed by atoms with van der Waals surface area (Å²) in [6.07, 6.45) is 3.42. The Morgan fingerprint density at radius 2 is 1.92 bits per heavy atom. The molecule has 3 rings (SSSR count). The highest BCUT2D eigenvalue weighted by atomic mass is 16.5.